The Morgan fingerprint density at radius 2 is 1.90 bits per heavy atom. The van der Waals surface area contributed by atoms with Gasteiger partial charge in [0.25, 0.3) is 0 Å². The molecule has 42 heavy (non-hydrogen) atoms. The van der Waals surface area contributed by atoms with E-state index < -0.39 is 81.9 Å². The lowest BCUT2D eigenvalue weighted by Gasteiger charge is -2.60. The zero-order valence-corrected chi connectivity index (χ0v) is 25.4. The summed E-state index contributed by atoms with van der Waals surface area (Å²) < 4.78 is 29.5. The summed E-state index contributed by atoms with van der Waals surface area (Å²) in [6.07, 6.45) is -0.981. The van der Waals surface area contributed by atoms with Crippen molar-refractivity contribution >= 4 is 23.7 Å². The van der Waals surface area contributed by atoms with Gasteiger partial charge in [-0.3, -0.25) is 19.2 Å². The fourth-order valence-corrected chi connectivity index (χ4v) is 8.46. The number of aliphatic hydroxyl groups is 1. The average Bonchev–Trinajstić information content (AvgIpc) is 3.44. The van der Waals surface area contributed by atoms with Gasteiger partial charge >= 0.3 is 17.9 Å². The third-order valence-electron chi connectivity index (χ3n) is 11.3. The van der Waals surface area contributed by atoms with Gasteiger partial charge in [-0.15, -0.1) is 0 Å². The Labute approximate surface area is 246 Å². The second-order valence-electron chi connectivity index (χ2n) is 13.7. The van der Waals surface area contributed by atoms with Gasteiger partial charge in [0.15, 0.2) is 11.9 Å². The predicted octanol–water partition coefficient (Wildman–Crippen LogP) is 4.10. The van der Waals surface area contributed by atoms with Gasteiger partial charge in [0.05, 0.1) is 38.1 Å². The highest BCUT2D eigenvalue weighted by Crippen LogP contribution is 2.71. The Balaban J connectivity index is 1.76. The maximum Gasteiger partial charge on any atom is 0.309 e. The molecule has 1 aromatic rings. The lowest BCUT2D eigenvalue weighted by Crippen LogP contribution is -2.68. The molecule has 5 aliphatic rings. The summed E-state index contributed by atoms with van der Waals surface area (Å²) in [4.78, 5) is 53.8. The fraction of sp³-hybridized carbons (Fsp3) is 0.688. The number of methoxy groups -OCH3 is 1. The van der Waals surface area contributed by atoms with Crippen LogP contribution in [0.3, 0.4) is 0 Å². The third-order valence-corrected chi connectivity index (χ3v) is 11.3. The molecule has 3 aliphatic heterocycles. The number of hydrogen-bond donors (Lipinski definition) is 1. The van der Waals surface area contributed by atoms with Crippen molar-refractivity contribution in [1.29, 1.82) is 0 Å². The van der Waals surface area contributed by atoms with Gasteiger partial charge in [0.1, 0.15) is 17.8 Å². The molecule has 1 spiro atoms. The van der Waals surface area contributed by atoms with E-state index in [1.54, 1.807) is 26.8 Å². The minimum absolute atomic E-state index is 0.108. The second kappa shape index (κ2) is 10.0. The number of carbonyl (C=O) groups excluding carboxylic acids is 4. The van der Waals surface area contributed by atoms with Gasteiger partial charge < -0.3 is 28.5 Å². The van der Waals surface area contributed by atoms with Crippen LogP contribution in [0.2, 0.25) is 0 Å². The van der Waals surface area contributed by atoms with E-state index in [1.807, 2.05) is 20.8 Å². The van der Waals surface area contributed by atoms with E-state index in [9.17, 15) is 24.3 Å². The van der Waals surface area contributed by atoms with Gasteiger partial charge in [-0.2, -0.15) is 0 Å². The number of Topliss-reactive ketones (excluding diaryl/α,β-unsaturated/α-hetero) is 1. The van der Waals surface area contributed by atoms with Gasteiger partial charge in [-0.05, 0) is 30.2 Å². The topological polar surface area (TPSA) is 139 Å². The van der Waals surface area contributed by atoms with Crippen LogP contribution in [0, 0.1) is 34.0 Å². The van der Waals surface area contributed by atoms with Crippen LogP contribution in [0.15, 0.2) is 35.2 Å². The van der Waals surface area contributed by atoms with Crippen molar-refractivity contribution in [2.45, 2.75) is 97.2 Å². The largest absolute Gasteiger partial charge is 0.472 e. The highest BCUT2D eigenvalue weighted by Gasteiger charge is 2.77. The number of cyclic esters (lactones) is 1. The van der Waals surface area contributed by atoms with Gasteiger partial charge in [0, 0.05) is 34.3 Å². The first-order chi connectivity index (χ1) is 19.6. The molecule has 4 heterocycles. The molecular weight excluding hydrogens is 544 g/mol. The standard InChI is InChI=1S/C32H42O10/c1-9-16(2)28(37)41-24-25(36)29(4,5)20(12-21(33)38-8)31(7)19-13-30(6)26(18-10-11-39-15-18)40-22(34)14-32(30,42-27(24)31)17(3)23(19)35/h10-11,15-16,19-20,24-27,36H,3,9,12-14H2,1-2,4-8H3/t16?,19?,20-,24-,25+,26-,27-,30-,31+,32-/m0/s1. The molecule has 0 amide bonds. The molecule has 2 bridgehead atoms. The lowest BCUT2D eigenvalue weighted by molar-refractivity contribution is -0.281. The molecule has 230 valence electrons. The van der Waals surface area contributed by atoms with Crippen molar-refractivity contribution in [3.63, 3.8) is 0 Å². The van der Waals surface area contributed by atoms with Crippen LogP contribution in [0.5, 0.6) is 0 Å². The SMILES string of the molecule is C=C1C(=O)C2C[C@@]3(C)[C@H](c4ccoc4)OC(=O)C[C@]13O[C@H]1[C@@H](OC(=O)C(C)CC)[C@@H](O)C(C)(C)[C@H](CC(=O)OC)[C@@]21C. The zero-order valence-electron chi connectivity index (χ0n) is 25.4. The molecule has 3 saturated heterocycles. The van der Waals surface area contributed by atoms with Crippen molar-refractivity contribution in [3.8, 4) is 0 Å². The molecule has 1 aromatic heterocycles. The highest BCUT2D eigenvalue weighted by atomic mass is 16.6. The Morgan fingerprint density at radius 1 is 1.21 bits per heavy atom. The smallest absolute Gasteiger partial charge is 0.309 e. The van der Waals surface area contributed by atoms with Crippen LogP contribution < -0.4 is 0 Å². The van der Waals surface area contributed by atoms with E-state index in [4.69, 9.17) is 23.4 Å². The minimum Gasteiger partial charge on any atom is -0.472 e. The number of hydrogen-bond acceptors (Lipinski definition) is 10. The Hall–Kier alpha value is -2.98. The number of esters is 3. The first-order valence-electron chi connectivity index (χ1n) is 14.7. The number of aliphatic hydroxyl groups excluding tert-OH is 1. The molecule has 10 atom stereocenters. The maximum absolute atomic E-state index is 14.4. The van der Waals surface area contributed by atoms with Gasteiger partial charge in [-0.25, -0.2) is 0 Å². The molecule has 10 heteroatoms. The normalized spacial score (nSPS) is 41.2. The number of carbonyl (C=O) groups is 4. The molecular formula is C32H42O10. The van der Waals surface area contributed by atoms with E-state index in [2.05, 4.69) is 6.58 Å². The average molecular weight is 587 g/mol. The van der Waals surface area contributed by atoms with E-state index in [0.29, 0.717) is 12.0 Å². The number of rotatable bonds is 6. The summed E-state index contributed by atoms with van der Waals surface area (Å²) in [6, 6.07) is 1.71. The highest BCUT2D eigenvalue weighted by molar-refractivity contribution is 6.02. The first kappa shape index (κ1) is 30.5. The molecule has 2 saturated carbocycles. The molecule has 10 nitrogen and oxygen atoms in total. The fourth-order valence-electron chi connectivity index (χ4n) is 8.46. The third kappa shape index (κ3) is 3.97. The first-order valence-corrected chi connectivity index (χ1v) is 14.7. The molecule has 5 fully saturated rings. The maximum atomic E-state index is 14.4. The number of fused-ring (bicyclic) bond motifs is 1. The van der Waals surface area contributed by atoms with Crippen LogP contribution in [-0.2, 0) is 38.1 Å². The molecule has 2 aliphatic carbocycles. The van der Waals surface area contributed by atoms with Gasteiger partial charge in [-0.1, -0.05) is 48.1 Å². The van der Waals surface area contributed by atoms with Crippen LogP contribution in [-0.4, -0.2) is 59.8 Å². The van der Waals surface area contributed by atoms with E-state index in [-0.39, 0.29) is 30.6 Å². The van der Waals surface area contributed by atoms with Crippen molar-refractivity contribution in [2.24, 2.45) is 34.0 Å². The van der Waals surface area contributed by atoms with Crippen molar-refractivity contribution < 1.29 is 47.6 Å². The van der Waals surface area contributed by atoms with Crippen molar-refractivity contribution in [1.82, 2.24) is 0 Å². The summed E-state index contributed by atoms with van der Waals surface area (Å²) in [7, 11) is 1.29. The summed E-state index contributed by atoms with van der Waals surface area (Å²) in [6.45, 7) is 15.2. The van der Waals surface area contributed by atoms with E-state index in [0.717, 1.165) is 0 Å². The summed E-state index contributed by atoms with van der Waals surface area (Å²) in [5.41, 5.74) is -3.94. The van der Waals surface area contributed by atoms with Crippen LogP contribution >= 0.6 is 0 Å². The minimum atomic E-state index is -1.53. The molecule has 0 radical (unpaired) electrons. The van der Waals surface area contributed by atoms with E-state index >= 15 is 0 Å². The predicted molar refractivity (Wildman–Crippen MR) is 147 cm³/mol. The second-order valence-corrected chi connectivity index (χ2v) is 13.7. The van der Waals surface area contributed by atoms with Crippen molar-refractivity contribution in [3.05, 3.63) is 36.3 Å². The molecule has 1 N–H and O–H groups in total. The van der Waals surface area contributed by atoms with Crippen LogP contribution in [0.1, 0.15) is 78.9 Å². The summed E-state index contributed by atoms with van der Waals surface area (Å²) in [5, 5.41) is 11.9. The zero-order chi connectivity index (χ0) is 31.0. The summed E-state index contributed by atoms with van der Waals surface area (Å²) >= 11 is 0. The van der Waals surface area contributed by atoms with E-state index in [1.165, 1.54) is 19.6 Å². The Kier molecular flexibility index (Phi) is 7.29. The van der Waals surface area contributed by atoms with Crippen LogP contribution in [0.4, 0.5) is 0 Å². The molecule has 2 unspecified atom stereocenters. The monoisotopic (exact) mass is 586 g/mol. The summed E-state index contributed by atoms with van der Waals surface area (Å²) in [5.74, 6) is -3.71. The van der Waals surface area contributed by atoms with Gasteiger partial charge in [0.2, 0.25) is 0 Å². The lowest BCUT2D eigenvalue weighted by atomic mass is 9.44. The Morgan fingerprint density at radius 3 is 2.50 bits per heavy atom. The van der Waals surface area contributed by atoms with Crippen molar-refractivity contribution in [2.75, 3.05) is 7.11 Å². The Bertz CT molecular complexity index is 1300. The number of furan rings is 1. The quantitative estimate of drug-likeness (QED) is 0.294. The van der Waals surface area contributed by atoms with Crippen LogP contribution in [0.25, 0.3) is 0 Å². The number of ether oxygens (including phenoxy) is 4. The molecule has 0 aromatic carbocycles. The number of ketones is 1. The molecule has 6 rings (SSSR count).